The number of esters is 1. The Morgan fingerprint density at radius 1 is 1.38 bits per heavy atom. The topological polar surface area (TPSA) is 29.5 Å². The van der Waals surface area contributed by atoms with E-state index in [1.54, 1.807) is 0 Å². The molecule has 0 saturated carbocycles. The third-order valence-corrected chi connectivity index (χ3v) is 2.25. The quantitative estimate of drug-likeness (QED) is 0.730. The third-order valence-electron chi connectivity index (χ3n) is 2.25. The lowest BCUT2D eigenvalue weighted by Crippen LogP contribution is -2.15. The Morgan fingerprint density at radius 3 is 2.62 bits per heavy atom. The van der Waals surface area contributed by atoms with Crippen molar-refractivity contribution in [3.8, 4) is 0 Å². The lowest BCUT2D eigenvalue weighted by molar-refractivity contribution is 0.0524. The smallest absolute Gasteiger partial charge is 0.338 e. The normalized spacial score (nSPS) is 10.6. The van der Waals surface area contributed by atoms with E-state index in [-0.39, 0.29) is 5.97 Å². The molecule has 0 atom stereocenters. The second kappa shape index (κ2) is 5.66. The minimum atomic E-state index is -0.233. The van der Waals surface area contributed by atoms with Crippen molar-refractivity contribution >= 4 is 5.97 Å². The molecule has 0 bridgehead atoms. The Kier molecular flexibility index (Phi) is 4.50. The van der Waals surface area contributed by atoms with E-state index in [1.165, 1.54) is 0 Å². The summed E-state index contributed by atoms with van der Waals surface area (Å²) in [6.45, 7) is 4.95. The van der Waals surface area contributed by atoms with Crippen molar-refractivity contribution in [3.63, 3.8) is 0 Å². The Morgan fingerprint density at radius 2 is 2.06 bits per heavy atom. The standard InChI is InChI=1S/C13H19NO2/c1-5-16-13(15)12-8-10(2)6-7-11(12)9-14(3)4/h6-8H,5,9H2,1-4H3. The summed E-state index contributed by atoms with van der Waals surface area (Å²) in [5.74, 6) is -0.233. The molecule has 0 saturated heterocycles. The van der Waals surface area contributed by atoms with E-state index >= 15 is 0 Å². The lowest BCUT2D eigenvalue weighted by atomic mass is 10.0. The van der Waals surface area contributed by atoms with Crippen LogP contribution < -0.4 is 0 Å². The maximum Gasteiger partial charge on any atom is 0.338 e. The van der Waals surface area contributed by atoms with Crippen molar-refractivity contribution < 1.29 is 9.53 Å². The number of rotatable bonds is 4. The van der Waals surface area contributed by atoms with Crippen molar-refractivity contribution in [1.29, 1.82) is 0 Å². The molecule has 16 heavy (non-hydrogen) atoms. The van der Waals surface area contributed by atoms with E-state index in [4.69, 9.17) is 4.74 Å². The Hall–Kier alpha value is -1.35. The van der Waals surface area contributed by atoms with Crippen LogP contribution in [0.5, 0.6) is 0 Å². The molecule has 0 unspecified atom stereocenters. The van der Waals surface area contributed by atoms with Crippen molar-refractivity contribution in [3.05, 3.63) is 34.9 Å². The molecule has 0 radical (unpaired) electrons. The van der Waals surface area contributed by atoms with E-state index < -0.39 is 0 Å². The molecule has 0 aliphatic heterocycles. The predicted octanol–water partition coefficient (Wildman–Crippen LogP) is 2.23. The third kappa shape index (κ3) is 3.35. The average Bonchev–Trinajstić information content (AvgIpc) is 2.20. The fourth-order valence-corrected chi connectivity index (χ4v) is 1.57. The average molecular weight is 221 g/mol. The highest BCUT2D eigenvalue weighted by Gasteiger charge is 2.12. The van der Waals surface area contributed by atoms with E-state index in [2.05, 4.69) is 0 Å². The number of nitrogens with zero attached hydrogens (tertiary/aromatic N) is 1. The fraction of sp³-hybridized carbons (Fsp3) is 0.462. The fourth-order valence-electron chi connectivity index (χ4n) is 1.57. The van der Waals surface area contributed by atoms with E-state index in [0.29, 0.717) is 12.2 Å². The van der Waals surface area contributed by atoms with Gasteiger partial charge in [-0.25, -0.2) is 4.79 Å². The summed E-state index contributed by atoms with van der Waals surface area (Å²) in [5, 5.41) is 0. The molecule has 0 aliphatic carbocycles. The van der Waals surface area contributed by atoms with Gasteiger partial charge in [0, 0.05) is 6.54 Å². The van der Waals surface area contributed by atoms with Crippen LogP contribution in [0.15, 0.2) is 18.2 Å². The Labute approximate surface area is 97.0 Å². The summed E-state index contributed by atoms with van der Waals surface area (Å²) >= 11 is 0. The summed E-state index contributed by atoms with van der Waals surface area (Å²) in [6.07, 6.45) is 0. The number of hydrogen-bond donors (Lipinski definition) is 0. The molecule has 0 spiro atoms. The van der Waals surface area contributed by atoms with Crippen molar-refractivity contribution in [1.82, 2.24) is 4.90 Å². The maximum absolute atomic E-state index is 11.8. The van der Waals surface area contributed by atoms with Crippen LogP contribution >= 0.6 is 0 Å². The van der Waals surface area contributed by atoms with Crippen LogP contribution in [0.4, 0.5) is 0 Å². The summed E-state index contributed by atoms with van der Waals surface area (Å²) in [5.41, 5.74) is 2.76. The van der Waals surface area contributed by atoms with Gasteiger partial charge in [0.15, 0.2) is 0 Å². The van der Waals surface area contributed by atoms with Gasteiger partial charge in [-0.15, -0.1) is 0 Å². The lowest BCUT2D eigenvalue weighted by Gasteiger charge is -2.14. The molecule has 0 amide bonds. The second-order valence-corrected chi connectivity index (χ2v) is 4.12. The number of benzene rings is 1. The van der Waals surface area contributed by atoms with Gasteiger partial charge in [-0.2, -0.15) is 0 Å². The molecule has 0 fully saturated rings. The Balaban J connectivity index is 3.02. The van der Waals surface area contributed by atoms with Crippen LogP contribution in [-0.4, -0.2) is 31.6 Å². The molecule has 0 N–H and O–H groups in total. The van der Waals surface area contributed by atoms with E-state index in [1.807, 2.05) is 51.0 Å². The van der Waals surface area contributed by atoms with Crippen LogP contribution in [-0.2, 0) is 11.3 Å². The van der Waals surface area contributed by atoms with Crippen LogP contribution in [0.25, 0.3) is 0 Å². The molecule has 0 heterocycles. The van der Waals surface area contributed by atoms with Gasteiger partial charge < -0.3 is 9.64 Å². The molecule has 1 aromatic carbocycles. The number of hydrogen-bond acceptors (Lipinski definition) is 3. The van der Waals surface area contributed by atoms with Crippen molar-refractivity contribution in [2.75, 3.05) is 20.7 Å². The number of carbonyl (C=O) groups excluding carboxylic acids is 1. The van der Waals surface area contributed by atoms with Crippen molar-refractivity contribution in [2.24, 2.45) is 0 Å². The van der Waals surface area contributed by atoms with Crippen LogP contribution in [0.2, 0.25) is 0 Å². The first-order valence-electron chi connectivity index (χ1n) is 5.46. The zero-order valence-electron chi connectivity index (χ0n) is 10.4. The van der Waals surface area contributed by atoms with E-state index in [0.717, 1.165) is 17.7 Å². The van der Waals surface area contributed by atoms with Gasteiger partial charge in [0.1, 0.15) is 0 Å². The Bertz CT molecular complexity index is 372. The highest BCUT2D eigenvalue weighted by molar-refractivity contribution is 5.91. The SMILES string of the molecule is CCOC(=O)c1cc(C)ccc1CN(C)C. The first kappa shape index (κ1) is 12.7. The molecule has 3 heteroatoms. The predicted molar refractivity (Wildman–Crippen MR) is 64.5 cm³/mol. The zero-order valence-corrected chi connectivity index (χ0v) is 10.4. The number of aryl methyl sites for hydroxylation is 1. The molecular weight excluding hydrogens is 202 g/mol. The van der Waals surface area contributed by atoms with Crippen LogP contribution in [0.3, 0.4) is 0 Å². The highest BCUT2D eigenvalue weighted by atomic mass is 16.5. The molecule has 0 aromatic heterocycles. The molecule has 88 valence electrons. The molecule has 1 aromatic rings. The van der Waals surface area contributed by atoms with Gasteiger partial charge in [-0.1, -0.05) is 17.7 Å². The number of carbonyl (C=O) groups is 1. The molecule has 1 rings (SSSR count). The summed E-state index contributed by atoms with van der Waals surface area (Å²) in [7, 11) is 3.96. The van der Waals surface area contributed by atoms with Gasteiger partial charge >= 0.3 is 5.97 Å². The first-order chi connectivity index (χ1) is 7.54. The molecule has 3 nitrogen and oxygen atoms in total. The van der Waals surface area contributed by atoms with Gasteiger partial charge in [0.05, 0.1) is 12.2 Å². The van der Waals surface area contributed by atoms with E-state index in [9.17, 15) is 4.79 Å². The number of ether oxygens (including phenoxy) is 1. The molecule has 0 aliphatic rings. The minimum Gasteiger partial charge on any atom is -0.462 e. The molecular formula is C13H19NO2. The zero-order chi connectivity index (χ0) is 12.1. The van der Waals surface area contributed by atoms with Gasteiger partial charge in [-0.3, -0.25) is 0 Å². The minimum absolute atomic E-state index is 0.233. The monoisotopic (exact) mass is 221 g/mol. The van der Waals surface area contributed by atoms with Gasteiger partial charge in [0.25, 0.3) is 0 Å². The van der Waals surface area contributed by atoms with Crippen LogP contribution in [0.1, 0.15) is 28.4 Å². The largest absolute Gasteiger partial charge is 0.462 e. The highest BCUT2D eigenvalue weighted by Crippen LogP contribution is 2.14. The van der Waals surface area contributed by atoms with Gasteiger partial charge in [-0.05, 0) is 39.6 Å². The van der Waals surface area contributed by atoms with Crippen molar-refractivity contribution in [2.45, 2.75) is 20.4 Å². The summed E-state index contributed by atoms with van der Waals surface area (Å²) in [4.78, 5) is 13.8. The van der Waals surface area contributed by atoms with Crippen LogP contribution in [0, 0.1) is 6.92 Å². The summed E-state index contributed by atoms with van der Waals surface area (Å²) < 4.78 is 5.05. The summed E-state index contributed by atoms with van der Waals surface area (Å²) in [6, 6.07) is 5.89. The maximum atomic E-state index is 11.8. The van der Waals surface area contributed by atoms with Gasteiger partial charge in [0.2, 0.25) is 0 Å². The first-order valence-corrected chi connectivity index (χ1v) is 5.46. The second-order valence-electron chi connectivity index (χ2n) is 4.12.